The first kappa shape index (κ1) is 20.7. The minimum atomic E-state index is -0.251. The van der Waals surface area contributed by atoms with Crippen molar-refractivity contribution in [1.29, 1.82) is 0 Å². The summed E-state index contributed by atoms with van der Waals surface area (Å²) in [5, 5.41) is 4.99. The van der Waals surface area contributed by atoms with Crippen LogP contribution in [0.3, 0.4) is 0 Å². The lowest BCUT2D eigenvalue weighted by molar-refractivity contribution is 0.0925. The zero-order chi connectivity index (χ0) is 22.6. The van der Waals surface area contributed by atoms with E-state index in [0.717, 1.165) is 38.9 Å². The Balaban J connectivity index is 1.31. The van der Waals surface area contributed by atoms with Crippen LogP contribution in [0, 0.1) is 0 Å². The first-order valence-electron chi connectivity index (χ1n) is 10.8. The third-order valence-electron chi connectivity index (χ3n) is 5.69. The number of hydrogen-bond donors (Lipinski definition) is 2. The van der Waals surface area contributed by atoms with E-state index in [1.807, 2.05) is 79.0 Å². The van der Waals surface area contributed by atoms with Gasteiger partial charge < -0.3 is 24.2 Å². The maximum atomic E-state index is 13.0. The number of amides is 1. The molecule has 0 radical (unpaired) electrons. The van der Waals surface area contributed by atoms with Gasteiger partial charge in [0.25, 0.3) is 5.91 Å². The summed E-state index contributed by atoms with van der Waals surface area (Å²) in [4.78, 5) is 16.3. The highest BCUT2D eigenvalue weighted by molar-refractivity contribution is 5.99. The van der Waals surface area contributed by atoms with Crippen LogP contribution in [0.15, 0.2) is 83.4 Å². The fourth-order valence-electron chi connectivity index (χ4n) is 3.99. The van der Waals surface area contributed by atoms with Gasteiger partial charge in [0, 0.05) is 40.7 Å². The molecule has 0 bridgehead atoms. The van der Waals surface area contributed by atoms with Gasteiger partial charge in [-0.05, 0) is 42.3 Å². The van der Waals surface area contributed by atoms with Gasteiger partial charge in [-0.2, -0.15) is 0 Å². The minimum absolute atomic E-state index is 0.244. The van der Waals surface area contributed by atoms with Crippen molar-refractivity contribution >= 4 is 27.8 Å². The fraction of sp³-hybridized carbons (Fsp3) is 0.148. The number of fused-ring (bicyclic) bond motifs is 2. The van der Waals surface area contributed by atoms with Crippen LogP contribution in [-0.4, -0.2) is 24.5 Å². The SMILES string of the molecule is COc1ccc2c(CCNC(=O)c3oc4ccccc4c3COc3ccccc3)c[nH]c2c1. The number of rotatable bonds is 8. The van der Waals surface area contributed by atoms with Crippen molar-refractivity contribution in [2.45, 2.75) is 13.0 Å². The summed E-state index contributed by atoms with van der Waals surface area (Å²) < 4.78 is 17.1. The molecule has 3 aromatic carbocycles. The largest absolute Gasteiger partial charge is 0.497 e. The lowest BCUT2D eigenvalue weighted by atomic mass is 10.1. The molecule has 2 aromatic heterocycles. The molecule has 0 fully saturated rings. The molecule has 2 N–H and O–H groups in total. The van der Waals surface area contributed by atoms with Crippen LogP contribution < -0.4 is 14.8 Å². The van der Waals surface area contributed by atoms with Gasteiger partial charge >= 0.3 is 0 Å². The highest BCUT2D eigenvalue weighted by Gasteiger charge is 2.21. The molecule has 0 unspecified atom stereocenters. The maximum Gasteiger partial charge on any atom is 0.287 e. The van der Waals surface area contributed by atoms with E-state index in [1.54, 1.807) is 7.11 Å². The Morgan fingerprint density at radius 2 is 1.79 bits per heavy atom. The van der Waals surface area contributed by atoms with Gasteiger partial charge in [0.2, 0.25) is 0 Å². The molecular weight excluding hydrogens is 416 g/mol. The number of para-hydroxylation sites is 2. The number of hydrogen-bond acceptors (Lipinski definition) is 4. The van der Waals surface area contributed by atoms with Crippen LogP contribution in [0.5, 0.6) is 11.5 Å². The molecule has 6 nitrogen and oxygen atoms in total. The maximum absolute atomic E-state index is 13.0. The number of ether oxygens (including phenoxy) is 2. The summed E-state index contributed by atoms with van der Waals surface area (Å²) in [6.07, 6.45) is 2.66. The summed E-state index contributed by atoms with van der Waals surface area (Å²) in [7, 11) is 1.65. The van der Waals surface area contributed by atoms with Crippen LogP contribution in [0.4, 0.5) is 0 Å². The van der Waals surface area contributed by atoms with Gasteiger partial charge in [-0.25, -0.2) is 0 Å². The molecule has 0 saturated heterocycles. The molecule has 2 heterocycles. The van der Waals surface area contributed by atoms with E-state index in [0.29, 0.717) is 18.5 Å². The number of carbonyl (C=O) groups is 1. The van der Waals surface area contributed by atoms with E-state index < -0.39 is 0 Å². The second-order valence-corrected chi connectivity index (χ2v) is 7.74. The second-order valence-electron chi connectivity index (χ2n) is 7.74. The molecular formula is C27H24N2O4. The van der Waals surface area contributed by atoms with Gasteiger partial charge in [-0.15, -0.1) is 0 Å². The van der Waals surface area contributed by atoms with Gasteiger partial charge in [0.15, 0.2) is 5.76 Å². The molecule has 6 heteroatoms. The van der Waals surface area contributed by atoms with E-state index in [4.69, 9.17) is 13.9 Å². The van der Waals surface area contributed by atoms with E-state index in [9.17, 15) is 4.79 Å². The molecule has 0 saturated carbocycles. The molecule has 0 spiro atoms. The summed E-state index contributed by atoms with van der Waals surface area (Å²) in [5.74, 6) is 1.58. The van der Waals surface area contributed by atoms with Gasteiger partial charge in [0.05, 0.1) is 7.11 Å². The van der Waals surface area contributed by atoms with Crippen molar-refractivity contribution < 1.29 is 18.7 Å². The standard InChI is InChI=1S/C27H24N2O4/c1-31-20-11-12-21-18(16-29-24(21)15-20)13-14-28-27(30)26-23(17-32-19-7-3-2-4-8-19)22-9-5-6-10-25(22)33-26/h2-12,15-16,29H,13-14,17H2,1H3,(H,28,30). The predicted molar refractivity (Wildman–Crippen MR) is 128 cm³/mol. The van der Waals surface area contributed by atoms with Crippen molar-refractivity contribution in [3.8, 4) is 11.5 Å². The normalized spacial score (nSPS) is 11.1. The number of carbonyl (C=O) groups excluding carboxylic acids is 1. The molecule has 166 valence electrons. The monoisotopic (exact) mass is 440 g/mol. The van der Waals surface area contributed by atoms with Crippen LogP contribution in [-0.2, 0) is 13.0 Å². The number of furan rings is 1. The molecule has 0 aliphatic heterocycles. The van der Waals surface area contributed by atoms with Gasteiger partial charge in [0.1, 0.15) is 23.7 Å². The van der Waals surface area contributed by atoms with Crippen LogP contribution in [0.25, 0.3) is 21.9 Å². The van der Waals surface area contributed by atoms with Gasteiger partial charge in [-0.3, -0.25) is 4.79 Å². The van der Waals surface area contributed by atoms with Crippen LogP contribution in [0.2, 0.25) is 0 Å². The van der Waals surface area contributed by atoms with Crippen molar-refractivity contribution in [3.05, 3.63) is 95.9 Å². The van der Waals surface area contributed by atoms with Crippen molar-refractivity contribution in [2.24, 2.45) is 0 Å². The smallest absolute Gasteiger partial charge is 0.287 e. The highest BCUT2D eigenvalue weighted by Crippen LogP contribution is 2.28. The zero-order valence-corrected chi connectivity index (χ0v) is 18.3. The Labute approximate surface area is 191 Å². The molecule has 33 heavy (non-hydrogen) atoms. The molecule has 0 aliphatic rings. The molecule has 0 atom stereocenters. The Kier molecular flexibility index (Phi) is 5.72. The fourth-order valence-corrected chi connectivity index (χ4v) is 3.99. The average Bonchev–Trinajstić information content (AvgIpc) is 3.44. The molecule has 5 rings (SSSR count). The van der Waals surface area contributed by atoms with Crippen molar-refractivity contribution in [1.82, 2.24) is 10.3 Å². The van der Waals surface area contributed by atoms with E-state index in [1.165, 1.54) is 0 Å². The second kappa shape index (κ2) is 9.12. The molecule has 5 aromatic rings. The first-order valence-corrected chi connectivity index (χ1v) is 10.8. The summed E-state index contributed by atoms with van der Waals surface area (Å²) >= 11 is 0. The Morgan fingerprint density at radius 1 is 0.970 bits per heavy atom. The van der Waals surface area contributed by atoms with E-state index in [2.05, 4.69) is 10.3 Å². The third-order valence-corrected chi connectivity index (χ3v) is 5.69. The number of nitrogens with one attached hydrogen (secondary N) is 2. The summed E-state index contributed by atoms with van der Waals surface area (Å²) in [6.45, 7) is 0.724. The number of methoxy groups -OCH3 is 1. The topological polar surface area (TPSA) is 76.5 Å². The average molecular weight is 440 g/mol. The lowest BCUT2D eigenvalue weighted by Gasteiger charge is -2.08. The highest BCUT2D eigenvalue weighted by atomic mass is 16.5. The van der Waals surface area contributed by atoms with Crippen molar-refractivity contribution in [3.63, 3.8) is 0 Å². The lowest BCUT2D eigenvalue weighted by Crippen LogP contribution is -2.26. The first-order chi connectivity index (χ1) is 16.2. The quantitative estimate of drug-likeness (QED) is 0.335. The van der Waals surface area contributed by atoms with Crippen LogP contribution in [0.1, 0.15) is 21.7 Å². The number of aromatic amines is 1. The Bertz CT molecular complexity index is 1400. The van der Waals surface area contributed by atoms with Crippen molar-refractivity contribution in [2.75, 3.05) is 13.7 Å². The van der Waals surface area contributed by atoms with Gasteiger partial charge in [-0.1, -0.05) is 36.4 Å². The van der Waals surface area contributed by atoms with E-state index in [-0.39, 0.29) is 18.3 Å². The zero-order valence-electron chi connectivity index (χ0n) is 18.3. The van der Waals surface area contributed by atoms with E-state index >= 15 is 0 Å². The van der Waals surface area contributed by atoms with Crippen LogP contribution >= 0.6 is 0 Å². The number of H-pyrrole nitrogens is 1. The number of benzene rings is 3. The Hall–Kier alpha value is -4.19. The number of aromatic nitrogens is 1. The third kappa shape index (κ3) is 4.28. The predicted octanol–water partition coefficient (Wildman–Crippen LogP) is 5.47. The molecule has 1 amide bonds. The summed E-state index contributed by atoms with van der Waals surface area (Å²) in [6, 6.07) is 23.1. The molecule has 0 aliphatic carbocycles. The summed E-state index contributed by atoms with van der Waals surface area (Å²) in [5.41, 5.74) is 3.55. The Morgan fingerprint density at radius 3 is 2.64 bits per heavy atom. The minimum Gasteiger partial charge on any atom is -0.497 e.